The smallest absolute Gasteiger partial charge is 0.223 e. The van der Waals surface area contributed by atoms with Crippen molar-refractivity contribution in [3.05, 3.63) is 90.1 Å². The molecular weight excluding hydrogens is 384 g/mol. The van der Waals surface area contributed by atoms with Gasteiger partial charge in [0.2, 0.25) is 5.91 Å². The van der Waals surface area contributed by atoms with E-state index in [1.165, 1.54) is 16.7 Å². The predicted molar refractivity (Wildman–Crippen MR) is 125 cm³/mol. The molecule has 4 heteroatoms. The zero-order valence-corrected chi connectivity index (χ0v) is 18.3. The third kappa shape index (κ3) is 5.45. The molecule has 2 aromatic carbocycles. The molecule has 0 aromatic heterocycles. The molecule has 2 heterocycles. The fraction of sp³-hybridized carbons (Fsp3) is 0.370. The van der Waals surface area contributed by atoms with Crippen LogP contribution >= 0.6 is 0 Å². The predicted octanol–water partition coefficient (Wildman–Crippen LogP) is 4.45. The number of benzene rings is 2. The third-order valence-electron chi connectivity index (χ3n) is 6.51. The van der Waals surface area contributed by atoms with Crippen molar-refractivity contribution in [2.45, 2.75) is 37.7 Å². The van der Waals surface area contributed by atoms with Crippen molar-refractivity contribution in [3.63, 3.8) is 0 Å². The quantitative estimate of drug-likeness (QED) is 0.757. The van der Waals surface area contributed by atoms with E-state index in [1.807, 2.05) is 29.2 Å². The summed E-state index contributed by atoms with van der Waals surface area (Å²) in [6.07, 6.45) is 8.17. The van der Waals surface area contributed by atoms with Crippen LogP contribution in [-0.2, 0) is 4.79 Å². The minimum absolute atomic E-state index is 0.187. The van der Waals surface area contributed by atoms with E-state index < -0.39 is 5.60 Å². The third-order valence-corrected chi connectivity index (χ3v) is 6.51. The summed E-state index contributed by atoms with van der Waals surface area (Å²) in [5, 5.41) is 11.1. The van der Waals surface area contributed by atoms with Gasteiger partial charge in [-0.25, -0.2) is 0 Å². The molecule has 1 unspecified atom stereocenters. The molecular formula is C27H32N2O2. The maximum absolute atomic E-state index is 12.8. The number of carbonyl (C=O) groups is 1. The molecule has 31 heavy (non-hydrogen) atoms. The van der Waals surface area contributed by atoms with Gasteiger partial charge >= 0.3 is 0 Å². The molecule has 4 nitrogen and oxygen atoms in total. The highest BCUT2D eigenvalue weighted by Crippen LogP contribution is 2.27. The Kier molecular flexibility index (Phi) is 6.57. The number of hydrogen-bond acceptors (Lipinski definition) is 3. The Balaban J connectivity index is 1.26. The number of likely N-dealkylation sites (tertiary alicyclic amines) is 1. The highest BCUT2D eigenvalue weighted by atomic mass is 16.3. The number of carbonyl (C=O) groups excluding carboxylic acids is 1. The molecule has 0 saturated carbocycles. The second-order valence-corrected chi connectivity index (χ2v) is 8.89. The molecule has 1 amide bonds. The molecule has 1 N–H and O–H groups in total. The van der Waals surface area contributed by atoms with Gasteiger partial charge in [-0.15, -0.1) is 0 Å². The van der Waals surface area contributed by atoms with E-state index in [-0.39, 0.29) is 11.8 Å². The summed E-state index contributed by atoms with van der Waals surface area (Å²) in [5.41, 5.74) is 2.89. The molecule has 0 bridgehead atoms. The van der Waals surface area contributed by atoms with E-state index in [1.54, 1.807) is 0 Å². The van der Waals surface area contributed by atoms with Crippen LogP contribution in [0.2, 0.25) is 0 Å². The molecule has 0 spiro atoms. The van der Waals surface area contributed by atoms with Gasteiger partial charge in [0.15, 0.2) is 0 Å². The van der Waals surface area contributed by atoms with E-state index in [0.29, 0.717) is 38.9 Å². The van der Waals surface area contributed by atoms with Crippen molar-refractivity contribution in [2.75, 3.05) is 26.2 Å². The fourth-order valence-corrected chi connectivity index (χ4v) is 4.49. The summed E-state index contributed by atoms with van der Waals surface area (Å²) in [6.45, 7) is 4.75. The van der Waals surface area contributed by atoms with Gasteiger partial charge in [0.25, 0.3) is 0 Å². The van der Waals surface area contributed by atoms with Crippen molar-refractivity contribution in [2.24, 2.45) is 0 Å². The Hall–Kier alpha value is -2.85. The minimum Gasteiger partial charge on any atom is -0.388 e. The summed E-state index contributed by atoms with van der Waals surface area (Å²) in [5.74, 6) is 0.394. The van der Waals surface area contributed by atoms with Crippen LogP contribution in [0.25, 0.3) is 5.57 Å². The standard InChI is InChI=1S/C27H32N2O2/c1-22(23-8-4-2-5-9-23)20-26(30)29-18-14-27(31,15-19-29)21-28-16-12-25(13-17-28)24-10-6-3-7-11-24/h2-13,16,22,31H,14-15,17-21H2,1H3. The molecule has 1 saturated heterocycles. The topological polar surface area (TPSA) is 43.8 Å². The highest BCUT2D eigenvalue weighted by Gasteiger charge is 2.35. The van der Waals surface area contributed by atoms with Crippen LogP contribution < -0.4 is 0 Å². The van der Waals surface area contributed by atoms with Crippen LogP contribution in [-0.4, -0.2) is 52.6 Å². The van der Waals surface area contributed by atoms with Crippen LogP contribution in [0.15, 0.2) is 79.0 Å². The van der Waals surface area contributed by atoms with E-state index in [0.717, 1.165) is 6.54 Å². The summed E-state index contributed by atoms with van der Waals surface area (Å²) in [4.78, 5) is 16.9. The molecule has 2 aliphatic rings. The molecule has 2 aliphatic heterocycles. The maximum Gasteiger partial charge on any atom is 0.223 e. The summed E-state index contributed by atoms with van der Waals surface area (Å²) in [7, 11) is 0. The minimum atomic E-state index is -0.746. The lowest BCUT2D eigenvalue weighted by atomic mass is 9.89. The first-order valence-electron chi connectivity index (χ1n) is 11.3. The first-order chi connectivity index (χ1) is 15.0. The number of β-amino-alcohol motifs (C(OH)–C–C–N with tert-alkyl or cyclic N) is 1. The van der Waals surface area contributed by atoms with Crippen LogP contribution in [0.5, 0.6) is 0 Å². The van der Waals surface area contributed by atoms with Crippen molar-refractivity contribution < 1.29 is 9.90 Å². The Morgan fingerprint density at radius 2 is 1.68 bits per heavy atom. The lowest BCUT2D eigenvalue weighted by Gasteiger charge is -2.41. The van der Waals surface area contributed by atoms with Crippen LogP contribution in [0.1, 0.15) is 43.2 Å². The number of rotatable bonds is 6. The monoisotopic (exact) mass is 416 g/mol. The van der Waals surface area contributed by atoms with Gasteiger partial charge in [-0.1, -0.05) is 73.7 Å². The van der Waals surface area contributed by atoms with E-state index in [4.69, 9.17) is 0 Å². The largest absolute Gasteiger partial charge is 0.388 e. The normalized spacial score (nSPS) is 19.1. The lowest BCUT2D eigenvalue weighted by molar-refractivity contribution is -0.136. The SMILES string of the molecule is CC(CC(=O)N1CCC(O)(CN2C=CC(c3ccccc3)=CC2)CC1)c1ccccc1. The first kappa shape index (κ1) is 21.4. The van der Waals surface area contributed by atoms with Crippen molar-refractivity contribution >= 4 is 11.5 Å². The number of piperidine rings is 1. The van der Waals surface area contributed by atoms with E-state index >= 15 is 0 Å². The average Bonchev–Trinajstić information content (AvgIpc) is 2.81. The molecule has 1 atom stereocenters. The Morgan fingerprint density at radius 1 is 1.03 bits per heavy atom. The van der Waals surface area contributed by atoms with E-state index in [2.05, 4.69) is 66.6 Å². The van der Waals surface area contributed by atoms with Crippen molar-refractivity contribution in [3.8, 4) is 0 Å². The zero-order valence-electron chi connectivity index (χ0n) is 18.3. The van der Waals surface area contributed by atoms with Crippen LogP contribution in [0, 0.1) is 0 Å². The maximum atomic E-state index is 12.8. The molecule has 0 aliphatic carbocycles. The van der Waals surface area contributed by atoms with Gasteiger partial charge in [-0.3, -0.25) is 4.79 Å². The zero-order chi connectivity index (χ0) is 21.7. The molecule has 162 valence electrons. The molecule has 0 radical (unpaired) electrons. The number of aliphatic hydroxyl groups is 1. The highest BCUT2D eigenvalue weighted by molar-refractivity contribution is 5.77. The summed E-state index contributed by atoms with van der Waals surface area (Å²) in [6, 6.07) is 20.6. The van der Waals surface area contributed by atoms with Gasteiger partial charge in [0.05, 0.1) is 5.60 Å². The van der Waals surface area contributed by atoms with Crippen LogP contribution in [0.3, 0.4) is 0 Å². The van der Waals surface area contributed by atoms with Crippen molar-refractivity contribution in [1.29, 1.82) is 0 Å². The first-order valence-corrected chi connectivity index (χ1v) is 11.3. The number of hydrogen-bond donors (Lipinski definition) is 1. The Morgan fingerprint density at radius 3 is 2.29 bits per heavy atom. The number of nitrogens with zero attached hydrogens (tertiary/aromatic N) is 2. The molecule has 2 aromatic rings. The van der Waals surface area contributed by atoms with Crippen LogP contribution in [0.4, 0.5) is 0 Å². The Labute approximate surface area is 185 Å². The van der Waals surface area contributed by atoms with Gasteiger partial charge in [0.1, 0.15) is 0 Å². The lowest BCUT2D eigenvalue weighted by Crippen LogP contribution is -2.51. The number of allylic oxidation sites excluding steroid dienone is 2. The van der Waals surface area contributed by atoms with E-state index in [9.17, 15) is 9.90 Å². The molecule has 4 rings (SSSR count). The summed E-state index contributed by atoms with van der Waals surface area (Å²) >= 11 is 0. The van der Waals surface area contributed by atoms with Gasteiger partial charge in [-0.2, -0.15) is 0 Å². The van der Waals surface area contributed by atoms with Crippen molar-refractivity contribution in [1.82, 2.24) is 9.80 Å². The Bertz CT molecular complexity index is 928. The van der Waals surface area contributed by atoms with Gasteiger partial charge in [-0.05, 0) is 41.5 Å². The molecule has 1 fully saturated rings. The average molecular weight is 417 g/mol. The second-order valence-electron chi connectivity index (χ2n) is 8.89. The van der Waals surface area contributed by atoms with Gasteiger partial charge < -0.3 is 14.9 Å². The van der Waals surface area contributed by atoms with Gasteiger partial charge in [0, 0.05) is 38.8 Å². The summed E-state index contributed by atoms with van der Waals surface area (Å²) < 4.78 is 0. The second kappa shape index (κ2) is 9.52. The fourth-order valence-electron chi connectivity index (χ4n) is 4.49. The number of amides is 1.